The molecule has 1 aromatic rings. The molecular formula is C12H17Cl2NO3S. The average Bonchev–Trinajstić information content (AvgIpc) is 2.35. The minimum absolute atomic E-state index is 0.00951. The molecular weight excluding hydrogens is 309 g/mol. The van der Waals surface area contributed by atoms with Crippen LogP contribution >= 0.6 is 23.2 Å². The molecule has 108 valence electrons. The van der Waals surface area contributed by atoms with Gasteiger partial charge in [0.15, 0.2) is 0 Å². The first kappa shape index (κ1) is 16.7. The van der Waals surface area contributed by atoms with E-state index in [2.05, 4.69) is 4.72 Å². The Hall–Kier alpha value is -0.330. The summed E-state index contributed by atoms with van der Waals surface area (Å²) in [5.41, 5.74) is -0.867. The number of sulfonamides is 1. The predicted octanol–water partition coefficient (Wildman–Crippen LogP) is 2.82. The lowest BCUT2D eigenvalue weighted by atomic mass is 9.96. The Morgan fingerprint density at radius 2 is 1.63 bits per heavy atom. The van der Waals surface area contributed by atoms with E-state index in [1.165, 1.54) is 18.2 Å². The van der Waals surface area contributed by atoms with Gasteiger partial charge in [-0.3, -0.25) is 0 Å². The number of rotatable bonds is 6. The average molecular weight is 326 g/mol. The van der Waals surface area contributed by atoms with Crippen molar-refractivity contribution < 1.29 is 13.5 Å². The van der Waals surface area contributed by atoms with Crippen LogP contribution in [0.5, 0.6) is 0 Å². The van der Waals surface area contributed by atoms with Crippen molar-refractivity contribution in [2.45, 2.75) is 37.1 Å². The summed E-state index contributed by atoms with van der Waals surface area (Å²) in [4.78, 5) is -0.00951. The third kappa shape index (κ3) is 4.07. The number of halogens is 2. The molecule has 0 amide bonds. The highest BCUT2D eigenvalue weighted by atomic mass is 35.5. The molecule has 4 nitrogen and oxygen atoms in total. The van der Waals surface area contributed by atoms with E-state index in [4.69, 9.17) is 23.2 Å². The topological polar surface area (TPSA) is 66.4 Å². The Bertz CT molecular complexity index is 513. The fraction of sp³-hybridized carbons (Fsp3) is 0.500. The molecule has 0 spiro atoms. The second-order valence-electron chi connectivity index (χ2n) is 4.36. The van der Waals surface area contributed by atoms with E-state index in [9.17, 15) is 13.5 Å². The highest BCUT2D eigenvalue weighted by molar-refractivity contribution is 7.89. The highest BCUT2D eigenvalue weighted by Crippen LogP contribution is 2.24. The van der Waals surface area contributed by atoms with Gasteiger partial charge in [-0.25, -0.2) is 13.1 Å². The van der Waals surface area contributed by atoms with Gasteiger partial charge in [-0.15, -0.1) is 0 Å². The van der Waals surface area contributed by atoms with Gasteiger partial charge >= 0.3 is 0 Å². The molecule has 0 radical (unpaired) electrons. The third-order valence-corrected chi connectivity index (χ3v) is 5.15. The molecule has 0 fully saturated rings. The van der Waals surface area contributed by atoms with Gasteiger partial charge in [0, 0.05) is 10.0 Å². The van der Waals surface area contributed by atoms with Crippen molar-refractivity contribution in [3.8, 4) is 0 Å². The lowest BCUT2D eigenvalue weighted by molar-refractivity contribution is 0.172. The van der Waals surface area contributed by atoms with Crippen molar-refractivity contribution in [3.05, 3.63) is 28.2 Å². The van der Waals surface area contributed by atoms with E-state index in [0.29, 0.717) is 12.8 Å². The van der Waals surface area contributed by atoms with Gasteiger partial charge in [-0.2, -0.15) is 0 Å². The molecule has 1 aromatic carbocycles. The van der Waals surface area contributed by atoms with Crippen molar-refractivity contribution in [1.82, 2.24) is 4.72 Å². The summed E-state index contributed by atoms with van der Waals surface area (Å²) >= 11 is 11.6. The number of aliphatic hydroxyl groups is 1. The molecule has 1 rings (SSSR count). The first-order valence-corrected chi connectivity index (χ1v) is 8.13. The maximum absolute atomic E-state index is 12.3. The molecule has 0 saturated carbocycles. The quantitative estimate of drug-likeness (QED) is 0.845. The summed E-state index contributed by atoms with van der Waals surface area (Å²) in [5, 5.41) is 9.91. The van der Waals surface area contributed by atoms with Crippen LogP contribution in [0.25, 0.3) is 0 Å². The van der Waals surface area contributed by atoms with Crippen molar-refractivity contribution in [2.24, 2.45) is 0 Å². The van der Waals surface area contributed by atoms with Gasteiger partial charge in [-0.05, 0) is 31.0 Å². The highest BCUT2D eigenvalue weighted by Gasteiger charge is 2.31. The van der Waals surface area contributed by atoms with Crippen LogP contribution in [0.3, 0.4) is 0 Å². The van der Waals surface area contributed by atoms with E-state index in [1.54, 1.807) is 0 Å². The Labute approximate surface area is 123 Å². The molecule has 0 saturated heterocycles. The van der Waals surface area contributed by atoms with Gasteiger partial charge in [0.1, 0.15) is 0 Å². The van der Waals surface area contributed by atoms with Crippen LogP contribution in [-0.2, 0) is 10.0 Å². The molecule has 0 atom stereocenters. The molecule has 0 unspecified atom stereocenters. The van der Waals surface area contributed by atoms with Gasteiger partial charge < -0.3 is 5.11 Å². The maximum Gasteiger partial charge on any atom is 0.241 e. The molecule has 19 heavy (non-hydrogen) atoms. The molecule has 0 heterocycles. The Balaban J connectivity index is 3.17. The van der Waals surface area contributed by atoms with E-state index in [0.717, 1.165) is 0 Å². The molecule has 0 aliphatic carbocycles. The molecule has 0 aromatic heterocycles. The Kier molecular flexibility index (Phi) is 5.65. The van der Waals surface area contributed by atoms with Gasteiger partial charge in [0.25, 0.3) is 0 Å². The van der Waals surface area contributed by atoms with Crippen molar-refractivity contribution >= 4 is 33.2 Å². The zero-order valence-corrected chi connectivity index (χ0v) is 13.1. The Morgan fingerprint density at radius 1 is 1.16 bits per heavy atom. The molecule has 7 heteroatoms. The summed E-state index contributed by atoms with van der Waals surface area (Å²) in [7, 11) is -3.78. The normalized spacial score (nSPS) is 12.7. The third-order valence-electron chi connectivity index (χ3n) is 3.15. The maximum atomic E-state index is 12.3. The number of aliphatic hydroxyl groups excluding tert-OH is 1. The molecule has 0 aliphatic rings. The van der Waals surface area contributed by atoms with Gasteiger partial charge in [0.05, 0.1) is 17.0 Å². The van der Waals surface area contributed by atoms with Crippen molar-refractivity contribution in [2.75, 3.05) is 6.61 Å². The molecule has 0 bridgehead atoms. The second kappa shape index (κ2) is 6.41. The SMILES string of the molecule is CCC(CC)(CO)NS(=O)(=O)c1cc(Cl)cc(Cl)c1. The van der Waals surface area contributed by atoms with Crippen LogP contribution in [0.15, 0.2) is 23.1 Å². The smallest absolute Gasteiger partial charge is 0.241 e. The van der Waals surface area contributed by atoms with Crippen LogP contribution in [-0.4, -0.2) is 25.7 Å². The number of hydrogen-bond acceptors (Lipinski definition) is 3. The van der Waals surface area contributed by atoms with Crippen LogP contribution in [0.4, 0.5) is 0 Å². The zero-order valence-electron chi connectivity index (χ0n) is 10.8. The summed E-state index contributed by atoms with van der Waals surface area (Å²) in [6.07, 6.45) is 0.959. The summed E-state index contributed by atoms with van der Waals surface area (Å²) in [5.74, 6) is 0. The fourth-order valence-corrected chi connectivity index (χ4v) is 3.94. The molecule has 0 aliphatic heterocycles. The fourth-order valence-electron chi connectivity index (χ4n) is 1.68. The van der Waals surface area contributed by atoms with E-state index >= 15 is 0 Å². The first-order chi connectivity index (χ1) is 8.78. The first-order valence-electron chi connectivity index (χ1n) is 5.89. The van der Waals surface area contributed by atoms with Crippen molar-refractivity contribution in [3.63, 3.8) is 0 Å². The minimum atomic E-state index is -3.78. The standard InChI is InChI=1S/C12H17Cl2NO3S/c1-3-12(4-2,8-16)15-19(17,18)11-6-9(13)5-10(14)7-11/h5-7,15-16H,3-4,8H2,1-2H3. The summed E-state index contributed by atoms with van der Waals surface area (Å²) in [6.45, 7) is 3.36. The largest absolute Gasteiger partial charge is 0.394 e. The number of nitrogens with one attached hydrogen (secondary N) is 1. The monoisotopic (exact) mass is 325 g/mol. The second-order valence-corrected chi connectivity index (χ2v) is 6.91. The van der Waals surface area contributed by atoms with Crippen LogP contribution in [0.2, 0.25) is 10.0 Å². The Morgan fingerprint density at radius 3 is 2.00 bits per heavy atom. The zero-order chi connectivity index (χ0) is 14.7. The van der Waals surface area contributed by atoms with Crippen molar-refractivity contribution in [1.29, 1.82) is 0 Å². The number of hydrogen-bond donors (Lipinski definition) is 2. The van der Waals surface area contributed by atoms with Crippen LogP contribution in [0.1, 0.15) is 26.7 Å². The van der Waals surface area contributed by atoms with Gasteiger partial charge in [-0.1, -0.05) is 37.0 Å². The summed E-state index contributed by atoms with van der Waals surface area (Å²) in [6, 6.07) is 4.10. The van der Waals surface area contributed by atoms with E-state index < -0.39 is 15.6 Å². The van der Waals surface area contributed by atoms with Gasteiger partial charge in [0.2, 0.25) is 10.0 Å². The lowest BCUT2D eigenvalue weighted by Gasteiger charge is -2.30. The lowest BCUT2D eigenvalue weighted by Crippen LogP contribution is -2.50. The predicted molar refractivity (Wildman–Crippen MR) is 77.2 cm³/mol. The van der Waals surface area contributed by atoms with Crippen LogP contribution < -0.4 is 4.72 Å². The molecule has 2 N–H and O–H groups in total. The number of benzene rings is 1. The van der Waals surface area contributed by atoms with E-state index in [-0.39, 0.29) is 21.5 Å². The minimum Gasteiger partial charge on any atom is -0.394 e. The van der Waals surface area contributed by atoms with Crippen LogP contribution in [0, 0.1) is 0 Å². The summed E-state index contributed by atoms with van der Waals surface area (Å²) < 4.78 is 27.1. The van der Waals surface area contributed by atoms with E-state index in [1.807, 2.05) is 13.8 Å².